The Morgan fingerprint density at radius 2 is 1.84 bits per heavy atom. The van der Waals surface area contributed by atoms with E-state index in [9.17, 15) is 4.79 Å². The second kappa shape index (κ2) is 8.12. The topological polar surface area (TPSA) is 46.9 Å². The Kier molecular flexibility index (Phi) is 5.66. The van der Waals surface area contributed by atoms with E-state index in [-0.39, 0.29) is 11.8 Å². The zero-order chi connectivity index (χ0) is 17.6. The Morgan fingerprint density at radius 1 is 1.12 bits per heavy atom. The normalized spacial score (nSPS) is 11.9. The van der Waals surface area contributed by atoms with Crippen molar-refractivity contribution in [2.75, 3.05) is 5.32 Å². The number of halogens is 1. The van der Waals surface area contributed by atoms with Crippen molar-refractivity contribution < 1.29 is 4.79 Å². The van der Waals surface area contributed by atoms with E-state index < -0.39 is 0 Å². The molecule has 0 spiro atoms. The summed E-state index contributed by atoms with van der Waals surface area (Å²) in [4.78, 5) is 12.4. The molecule has 1 unspecified atom stereocenters. The fourth-order valence-corrected chi connectivity index (χ4v) is 2.96. The molecule has 1 N–H and O–H groups in total. The fraction of sp³-hybridized carbons (Fsp3) is 0.200. The van der Waals surface area contributed by atoms with Crippen molar-refractivity contribution >= 4 is 27.7 Å². The number of nitrogens with zero attached hydrogens (tertiary/aromatic N) is 2. The van der Waals surface area contributed by atoms with Crippen LogP contribution in [0.25, 0.3) is 0 Å². The van der Waals surface area contributed by atoms with E-state index in [1.54, 1.807) is 10.9 Å². The van der Waals surface area contributed by atoms with Crippen LogP contribution in [0.3, 0.4) is 0 Å². The number of hydrogen-bond donors (Lipinski definition) is 1. The van der Waals surface area contributed by atoms with Crippen molar-refractivity contribution in [3.63, 3.8) is 0 Å². The molecule has 0 aliphatic heterocycles. The van der Waals surface area contributed by atoms with Gasteiger partial charge in [-0.2, -0.15) is 5.10 Å². The Morgan fingerprint density at radius 3 is 2.56 bits per heavy atom. The van der Waals surface area contributed by atoms with Crippen LogP contribution in [0, 0.1) is 0 Å². The van der Waals surface area contributed by atoms with Crippen molar-refractivity contribution in [3.8, 4) is 0 Å². The van der Waals surface area contributed by atoms with E-state index in [0.29, 0.717) is 18.8 Å². The monoisotopic (exact) mass is 397 g/mol. The molecule has 1 atom stereocenters. The molecule has 1 heterocycles. The number of aromatic nitrogens is 2. The van der Waals surface area contributed by atoms with Crippen LogP contribution in [0.1, 0.15) is 30.4 Å². The van der Waals surface area contributed by atoms with Crippen LogP contribution >= 0.6 is 15.9 Å². The minimum atomic E-state index is -0.00564. The highest BCUT2D eigenvalue weighted by molar-refractivity contribution is 9.10. The Balaban J connectivity index is 1.62. The van der Waals surface area contributed by atoms with Crippen molar-refractivity contribution in [1.82, 2.24) is 9.78 Å². The molecule has 0 bridgehead atoms. The molecule has 0 aliphatic rings. The minimum Gasteiger partial charge on any atom is -0.311 e. The van der Waals surface area contributed by atoms with Gasteiger partial charge in [-0.1, -0.05) is 65.3 Å². The average molecular weight is 398 g/mol. The molecule has 1 aromatic heterocycles. The summed E-state index contributed by atoms with van der Waals surface area (Å²) in [6, 6.07) is 20.0. The van der Waals surface area contributed by atoms with Gasteiger partial charge in [-0.15, -0.1) is 0 Å². The standard InChI is InChI=1S/C20H20BrN3O/c1-15(17-5-3-2-4-6-17)13-20(25)23-19-11-12-22-24(19)14-16-7-9-18(21)10-8-16/h2-12,15H,13-14H2,1H3,(H,23,25). The lowest BCUT2D eigenvalue weighted by Gasteiger charge is -2.13. The summed E-state index contributed by atoms with van der Waals surface area (Å²) in [7, 11) is 0. The maximum Gasteiger partial charge on any atom is 0.226 e. The number of hydrogen-bond acceptors (Lipinski definition) is 2. The van der Waals surface area contributed by atoms with E-state index in [2.05, 4.69) is 45.4 Å². The molecule has 4 nitrogen and oxygen atoms in total. The van der Waals surface area contributed by atoms with Crippen LogP contribution in [0.15, 0.2) is 71.3 Å². The summed E-state index contributed by atoms with van der Waals surface area (Å²) in [5.41, 5.74) is 2.29. The number of amides is 1. The first-order valence-electron chi connectivity index (χ1n) is 8.23. The van der Waals surface area contributed by atoms with Gasteiger partial charge in [0, 0.05) is 17.0 Å². The highest BCUT2D eigenvalue weighted by Crippen LogP contribution is 2.20. The highest BCUT2D eigenvalue weighted by atomic mass is 79.9. The molecule has 1 amide bonds. The third-order valence-corrected chi connectivity index (χ3v) is 4.62. The highest BCUT2D eigenvalue weighted by Gasteiger charge is 2.13. The second-order valence-corrected chi connectivity index (χ2v) is 6.98. The number of benzene rings is 2. The van der Waals surface area contributed by atoms with Gasteiger partial charge >= 0.3 is 0 Å². The van der Waals surface area contributed by atoms with Crippen molar-refractivity contribution in [2.24, 2.45) is 0 Å². The van der Waals surface area contributed by atoms with Gasteiger partial charge in [0.15, 0.2) is 0 Å². The lowest BCUT2D eigenvalue weighted by molar-refractivity contribution is -0.116. The first-order valence-corrected chi connectivity index (χ1v) is 9.02. The SMILES string of the molecule is CC(CC(=O)Nc1ccnn1Cc1ccc(Br)cc1)c1ccccc1. The smallest absolute Gasteiger partial charge is 0.226 e. The molecule has 5 heteroatoms. The van der Waals surface area contributed by atoms with E-state index in [1.807, 2.05) is 48.5 Å². The van der Waals surface area contributed by atoms with Gasteiger partial charge in [-0.3, -0.25) is 4.79 Å². The van der Waals surface area contributed by atoms with Crippen LogP contribution in [-0.4, -0.2) is 15.7 Å². The molecule has 3 rings (SSSR count). The number of carbonyl (C=O) groups is 1. The summed E-state index contributed by atoms with van der Waals surface area (Å²) in [5.74, 6) is 0.881. The summed E-state index contributed by atoms with van der Waals surface area (Å²) in [6.45, 7) is 2.68. The molecule has 0 fully saturated rings. The van der Waals surface area contributed by atoms with Gasteiger partial charge in [0.2, 0.25) is 5.91 Å². The number of rotatable bonds is 6. The Bertz CT molecular complexity index is 828. The quantitative estimate of drug-likeness (QED) is 0.647. The predicted octanol–water partition coefficient (Wildman–Crippen LogP) is 4.83. The maximum atomic E-state index is 12.4. The van der Waals surface area contributed by atoms with E-state index in [4.69, 9.17) is 0 Å². The van der Waals surface area contributed by atoms with Crippen molar-refractivity contribution in [3.05, 3.63) is 82.5 Å². The molecule has 3 aromatic rings. The van der Waals surface area contributed by atoms with Gasteiger partial charge in [-0.05, 0) is 29.2 Å². The van der Waals surface area contributed by atoms with E-state index >= 15 is 0 Å². The van der Waals surface area contributed by atoms with Crippen LogP contribution in [0.4, 0.5) is 5.82 Å². The van der Waals surface area contributed by atoms with E-state index in [1.165, 1.54) is 5.56 Å². The van der Waals surface area contributed by atoms with Gasteiger partial charge in [0.1, 0.15) is 5.82 Å². The number of anilines is 1. The molecule has 25 heavy (non-hydrogen) atoms. The molecular weight excluding hydrogens is 378 g/mol. The van der Waals surface area contributed by atoms with Crippen molar-refractivity contribution in [1.29, 1.82) is 0 Å². The molecule has 0 radical (unpaired) electrons. The first kappa shape index (κ1) is 17.4. The summed E-state index contributed by atoms with van der Waals surface area (Å²) in [6.07, 6.45) is 2.14. The molecule has 0 saturated heterocycles. The zero-order valence-corrected chi connectivity index (χ0v) is 15.6. The number of nitrogens with one attached hydrogen (secondary N) is 1. The summed E-state index contributed by atoms with van der Waals surface area (Å²) in [5, 5.41) is 7.29. The molecule has 0 saturated carbocycles. The lowest BCUT2D eigenvalue weighted by atomic mass is 9.98. The third kappa shape index (κ3) is 4.79. The Labute approximate surface area is 156 Å². The van der Waals surface area contributed by atoms with Gasteiger partial charge < -0.3 is 5.32 Å². The predicted molar refractivity (Wildman–Crippen MR) is 104 cm³/mol. The van der Waals surface area contributed by atoms with Gasteiger partial charge in [0.05, 0.1) is 12.7 Å². The first-order chi connectivity index (χ1) is 12.1. The largest absolute Gasteiger partial charge is 0.311 e. The molecule has 0 aliphatic carbocycles. The maximum absolute atomic E-state index is 12.4. The number of carbonyl (C=O) groups excluding carboxylic acids is 1. The lowest BCUT2D eigenvalue weighted by Crippen LogP contribution is -2.17. The second-order valence-electron chi connectivity index (χ2n) is 6.06. The van der Waals surface area contributed by atoms with Crippen LogP contribution in [0.5, 0.6) is 0 Å². The molecule has 128 valence electrons. The Hall–Kier alpha value is -2.40. The molecular formula is C20H20BrN3O. The minimum absolute atomic E-state index is 0.00564. The van der Waals surface area contributed by atoms with E-state index in [0.717, 1.165) is 10.0 Å². The third-order valence-electron chi connectivity index (χ3n) is 4.09. The van der Waals surface area contributed by atoms with Gasteiger partial charge in [-0.25, -0.2) is 4.68 Å². The van der Waals surface area contributed by atoms with Crippen LogP contribution < -0.4 is 5.32 Å². The molecule has 2 aromatic carbocycles. The van der Waals surface area contributed by atoms with Crippen LogP contribution in [0.2, 0.25) is 0 Å². The van der Waals surface area contributed by atoms with Crippen LogP contribution in [-0.2, 0) is 11.3 Å². The zero-order valence-electron chi connectivity index (χ0n) is 14.0. The average Bonchev–Trinajstić information content (AvgIpc) is 3.04. The van der Waals surface area contributed by atoms with Gasteiger partial charge in [0.25, 0.3) is 0 Å². The fourth-order valence-electron chi connectivity index (χ4n) is 2.70. The summed E-state index contributed by atoms with van der Waals surface area (Å²) < 4.78 is 2.84. The summed E-state index contributed by atoms with van der Waals surface area (Å²) >= 11 is 3.43. The van der Waals surface area contributed by atoms with Crippen molar-refractivity contribution in [2.45, 2.75) is 25.8 Å².